The summed E-state index contributed by atoms with van der Waals surface area (Å²) in [6.07, 6.45) is -0.00103. The van der Waals surface area contributed by atoms with Gasteiger partial charge in [0.2, 0.25) is 6.10 Å². The van der Waals surface area contributed by atoms with Crippen molar-refractivity contribution in [3.05, 3.63) is 30.3 Å². The number of ether oxygens (including phenoxy) is 3. The second-order valence-electron chi connectivity index (χ2n) is 5.33. The Bertz CT molecular complexity index is 499. The number of anilines is 1. The van der Waals surface area contributed by atoms with Crippen molar-refractivity contribution < 1.29 is 23.8 Å². The van der Waals surface area contributed by atoms with Crippen molar-refractivity contribution >= 4 is 17.6 Å². The molecular weight excluding hydrogens is 298 g/mol. The summed E-state index contributed by atoms with van der Waals surface area (Å²) in [5.74, 6) is -1.04. The van der Waals surface area contributed by atoms with E-state index < -0.39 is 18.0 Å². The first kappa shape index (κ1) is 17.3. The van der Waals surface area contributed by atoms with Gasteiger partial charge in [0.05, 0.1) is 19.6 Å². The first-order chi connectivity index (χ1) is 11.2. The lowest BCUT2D eigenvalue weighted by molar-refractivity contribution is -0.171. The predicted molar refractivity (Wildman–Crippen MR) is 85.0 cm³/mol. The molecule has 23 heavy (non-hydrogen) atoms. The van der Waals surface area contributed by atoms with Crippen LogP contribution < -0.4 is 5.32 Å². The molecule has 1 saturated heterocycles. The molecule has 0 spiro atoms. The van der Waals surface area contributed by atoms with Crippen LogP contribution in [0, 0.1) is 5.92 Å². The van der Waals surface area contributed by atoms with E-state index in [9.17, 15) is 9.59 Å². The lowest BCUT2D eigenvalue weighted by atomic mass is 10.0. The van der Waals surface area contributed by atoms with Crippen LogP contribution in [0.15, 0.2) is 30.3 Å². The number of nitrogens with one attached hydrogen (secondary N) is 1. The maximum Gasteiger partial charge on any atom is 0.347 e. The molecule has 1 aromatic rings. The first-order valence-corrected chi connectivity index (χ1v) is 7.93. The van der Waals surface area contributed by atoms with Gasteiger partial charge >= 0.3 is 11.9 Å². The first-order valence-electron chi connectivity index (χ1n) is 7.93. The van der Waals surface area contributed by atoms with Gasteiger partial charge in [-0.05, 0) is 25.5 Å². The highest BCUT2D eigenvalue weighted by Crippen LogP contribution is 2.21. The zero-order valence-electron chi connectivity index (χ0n) is 13.3. The van der Waals surface area contributed by atoms with Gasteiger partial charge in [0.15, 0.2) is 0 Å². The summed E-state index contributed by atoms with van der Waals surface area (Å²) in [6, 6.07) is 9.59. The summed E-state index contributed by atoms with van der Waals surface area (Å²) in [4.78, 5) is 24.0. The Balaban J connectivity index is 1.80. The fourth-order valence-electron chi connectivity index (χ4n) is 2.42. The van der Waals surface area contributed by atoms with Crippen molar-refractivity contribution in [1.29, 1.82) is 0 Å². The average molecular weight is 321 g/mol. The van der Waals surface area contributed by atoms with Crippen LogP contribution in [0.5, 0.6) is 0 Å². The average Bonchev–Trinajstić information content (AvgIpc) is 3.08. The standard InChI is InChI=1S/C17H23NO5/c1-2-22-17(20)16(13-9-11-21-12-13)23-15(19)8-10-18-14-6-4-3-5-7-14/h3-7,13,16,18H,2,8-12H2,1H3/t13-,16-/m1/s1. The molecule has 6 heteroatoms. The molecule has 0 saturated carbocycles. The number of para-hydroxylation sites is 1. The Morgan fingerprint density at radius 1 is 1.35 bits per heavy atom. The van der Waals surface area contributed by atoms with Crippen molar-refractivity contribution in [3.8, 4) is 0 Å². The molecule has 0 aliphatic carbocycles. The summed E-state index contributed by atoms with van der Waals surface area (Å²) < 4.78 is 15.6. The molecule has 0 aromatic heterocycles. The number of esters is 2. The molecule has 2 rings (SSSR count). The van der Waals surface area contributed by atoms with Crippen molar-refractivity contribution in [2.45, 2.75) is 25.9 Å². The van der Waals surface area contributed by atoms with Gasteiger partial charge in [-0.2, -0.15) is 0 Å². The number of carbonyl (C=O) groups is 2. The van der Waals surface area contributed by atoms with Crippen molar-refractivity contribution in [2.75, 3.05) is 31.7 Å². The summed E-state index contributed by atoms with van der Waals surface area (Å²) in [7, 11) is 0. The Morgan fingerprint density at radius 3 is 2.78 bits per heavy atom. The quantitative estimate of drug-likeness (QED) is 0.738. The van der Waals surface area contributed by atoms with E-state index in [2.05, 4.69) is 5.32 Å². The molecule has 0 bridgehead atoms. The minimum atomic E-state index is -0.873. The fourth-order valence-corrected chi connectivity index (χ4v) is 2.42. The maximum atomic E-state index is 12.0. The summed E-state index contributed by atoms with van der Waals surface area (Å²) in [5.41, 5.74) is 0.937. The van der Waals surface area contributed by atoms with Crippen LogP contribution in [0.4, 0.5) is 5.69 Å². The minimum absolute atomic E-state index is 0.125. The van der Waals surface area contributed by atoms with Gasteiger partial charge < -0.3 is 19.5 Å². The maximum absolute atomic E-state index is 12.0. The molecule has 1 aromatic carbocycles. The molecule has 6 nitrogen and oxygen atoms in total. The topological polar surface area (TPSA) is 73.9 Å². The number of hydrogen-bond acceptors (Lipinski definition) is 6. The number of carbonyl (C=O) groups excluding carboxylic acids is 2. The Labute approximate surface area is 136 Å². The van der Waals surface area contributed by atoms with E-state index in [1.165, 1.54) is 0 Å². The second kappa shape index (κ2) is 9.15. The Kier molecular flexibility index (Phi) is 6.87. The van der Waals surface area contributed by atoms with Gasteiger partial charge in [-0.25, -0.2) is 4.79 Å². The third-order valence-corrected chi connectivity index (χ3v) is 3.60. The van der Waals surface area contributed by atoms with Crippen LogP contribution in [-0.4, -0.2) is 44.4 Å². The van der Waals surface area contributed by atoms with Crippen LogP contribution in [0.3, 0.4) is 0 Å². The highest BCUT2D eigenvalue weighted by molar-refractivity contribution is 5.80. The van der Waals surface area contributed by atoms with Crippen LogP contribution >= 0.6 is 0 Å². The van der Waals surface area contributed by atoms with Gasteiger partial charge in [0.1, 0.15) is 0 Å². The Morgan fingerprint density at radius 2 is 2.13 bits per heavy atom. The van der Waals surface area contributed by atoms with Gasteiger partial charge in [0.25, 0.3) is 0 Å². The van der Waals surface area contributed by atoms with E-state index >= 15 is 0 Å². The molecule has 1 heterocycles. The molecule has 0 amide bonds. The van der Waals surface area contributed by atoms with Gasteiger partial charge in [-0.3, -0.25) is 4.79 Å². The number of rotatable bonds is 8. The molecule has 2 atom stereocenters. The largest absolute Gasteiger partial charge is 0.463 e. The van der Waals surface area contributed by atoms with E-state index in [1.54, 1.807) is 6.92 Å². The third kappa shape index (κ3) is 5.56. The van der Waals surface area contributed by atoms with Crippen LogP contribution in [0.1, 0.15) is 19.8 Å². The van der Waals surface area contributed by atoms with E-state index in [-0.39, 0.29) is 18.9 Å². The van der Waals surface area contributed by atoms with Crippen molar-refractivity contribution in [1.82, 2.24) is 0 Å². The number of hydrogen-bond donors (Lipinski definition) is 1. The molecule has 1 aliphatic rings. The molecule has 1 fully saturated rings. The molecule has 0 radical (unpaired) electrons. The Hall–Kier alpha value is -2.08. The van der Waals surface area contributed by atoms with E-state index in [1.807, 2.05) is 30.3 Å². The van der Waals surface area contributed by atoms with E-state index in [4.69, 9.17) is 14.2 Å². The van der Waals surface area contributed by atoms with Gasteiger partial charge in [-0.15, -0.1) is 0 Å². The summed E-state index contributed by atoms with van der Waals surface area (Å²) in [6.45, 7) is 3.42. The zero-order valence-corrected chi connectivity index (χ0v) is 13.3. The third-order valence-electron chi connectivity index (χ3n) is 3.60. The molecule has 0 unspecified atom stereocenters. The lowest BCUT2D eigenvalue weighted by Gasteiger charge is -2.21. The normalized spacial score (nSPS) is 18.2. The van der Waals surface area contributed by atoms with Crippen LogP contribution in [0.25, 0.3) is 0 Å². The van der Waals surface area contributed by atoms with E-state index in [0.29, 0.717) is 26.2 Å². The van der Waals surface area contributed by atoms with Crippen molar-refractivity contribution in [2.24, 2.45) is 5.92 Å². The number of benzene rings is 1. The summed E-state index contributed by atoms with van der Waals surface area (Å²) in [5, 5.41) is 3.13. The highest BCUT2D eigenvalue weighted by atomic mass is 16.6. The van der Waals surface area contributed by atoms with Crippen LogP contribution in [-0.2, 0) is 23.8 Å². The molecule has 126 valence electrons. The van der Waals surface area contributed by atoms with Crippen LogP contribution in [0.2, 0.25) is 0 Å². The monoisotopic (exact) mass is 321 g/mol. The second-order valence-corrected chi connectivity index (χ2v) is 5.33. The van der Waals surface area contributed by atoms with Crippen molar-refractivity contribution in [3.63, 3.8) is 0 Å². The summed E-state index contributed by atoms with van der Waals surface area (Å²) >= 11 is 0. The lowest BCUT2D eigenvalue weighted by Crippen LogP contribution is -2.36. The smallest absolute Gasteiger partial charge is 0.347 e. The molecule has 1 aliphatic heterocycles. The predicted octanol–water partition coefficient (Wildman–Crippen LogP) is 2.00. The highest BCUT2D eigenvalue weighted by Gasteiger charge is 2.35. The van der Waals surface area contributed by atoms with Gasteiger partial charge in [0, 0.05) is 24.8 Å². The van der Waals surface area contributed by atoms with E-state index in [0.717, 1.165) is 5.69 Å². The minimum Gasteiger partial charge on any atom is -0.463 e. The van der Waals surface area contributed by atoms with Gasteiger partial charge in [-0.1, -0.05) is 18.2 Å². The molecular formula is C17H23NO5. The zero-order chi connectivity index (χ0) is 16.5. The molecule has 1 N–H and O–H groups in total. The fraction of sp³-hybridized carbons (Fsp3) is 0.529. The SMILES string of the molecule is CCOC(=O)[C@H](OC(=O)CCNc1ccccc1)[C@@H]1CCOC1.